The molecule has 35 heavy (non-hydrogen) atoms. The van der Waals surface area contributed by atoms with E-state index in [-0.39, 0.29) is 44.6 Å². The summed E-state index contributed by atoms with van der Waals surface area (Å²) < 4.78 is 47.4. The number of benzene rings is 1. The van der Waals surface area contributed by atoms with E-state index in [9.17, 15) is 22.8 Å². The van der Waals surface area contributed by atoms with Gasteiger partial charge in [-0.05, 0) is 52.2 Å². The van der Waals surface area contributed by atoms with Crippen molar-refractivity contribution in [3.63, 3.8) is 0 Å². The SMILES string of the molecule is CCCCOc1ccc(N2CCN(S(=O)(=O)C3(C(=O)NO)CCN(C(C)(C)C)CC3)CC2)c(F)c1. The minimum atomic E-state index is -4.07. The van der Waals surface area contributed by atoms with Crippen LogP contribution in [0.1, 0.15) is 53.4 Å². The first-order valence-corrected chi connectivity index (χ1v) is 13.8. The number of carbonyl (C=O) groups excluding carboxylic acids is 1. The molecule has 2 heterocycles. The second kappa shape index (κ2) is 11.0. The molecule has 1 aromatic carbocycles. The van der Waals surface area contributed by atoms with Crippen LogP contribution in [0.5, 0.6) is 5.75 Å². The van der Waals surface area contributed by atoms with E-state index in [4.69, 9.17) is 4.74 Å². The number of piperidine rings is 1. The number of likely N-dealkylation sites (tertiary alicyclic amines) is 1. The number of rotatable bonds is 8. The number of ether oxygens (including phenoxy) is 1. The molecule has 11 heteroatoms. The second-order valence-electron chi connectivity index (χ2n) is 10.3. The van der Waals surface area contributed by atoms with Crippen LogP contribution in [0.2, 0.25) is 0 Å². The number of unbranched alkanes of at least 4 members (excludes halogenated alkanes) is 1. The highest BCUT2D eigenvalue weighted by molar-refractivity contribution is 7.91. The van der Waals surface area contributed by atoms with E-state index < -0.39 is 26.5 Å². The van der Waals surface area contributed by atoms with Crippen molar-refractivity contribution >= 4 is 21.6 Å². The van der Waals surface area contributed by atoms with Gasteiger partial charge in [0, 0.05) is 50.9 Å². The predicted octanol–water partition coefficient (Wildman–Crippen LogP) is 2.59. The molecule has 2 fully saturated rings. The molecule has 9 nitrogen and oxygen atoms in total. The monoisotopic (exact) mass is 514 g/mol. The minimum Gasteiger partial charge on any atom is -0.493 e. The summed E-state index contributed by atoms with van der Waals surface area (Å²) in [7, 11) is -4.07. The van der Waals surface area contributed by atoms with Crippen LogP contribution in [0.25, 0.3) is 0 Å². The fourth-order valence-corrected chi connectivity index (χ4v) is 6.94. The van der Waals surface area contributed by atoms with Gasteiger partial charge in [0.05, 0.1) is 12.3 Å². The minimum absolute atomic E-state index is 0.0906. The van der Waals surface area contributed by atoms with Crippen molar-refractivity contribution in [2.45, 2.75) is 63.7 Å². The Morgan fingerprint density at radius 1 is 1.14 bits per heavy atom. The predicted molar refractivity (Wildman–Crippen MR) is 133 cm³/mol. The topological polar surface area (TPSA) is 102 Å². The Bertz CT molecular complexity index is 982. The molecule has 2 aliphatic rings. The van der Waals surface area contributed by atoms with Crippen molar-refractivity contribution < 1.29 is 27.5 Å². The molecule has 2 aliphatic heterocycles. The van der Waals surface area contributed by atoms with Gasteiger partial charge >= 0.3 is 0 Å². The van der Waals surface area contributed by atoms with E-state index in [2.05, 4.69) is 11.8 Å². The average molecular weight is 515 g/mol. The zero-order chi connectivity index (χ0) is 25.9. The first-order valence-electron chi connectivity index (χ1n) is 12.3. The number of carbonyl (C=O) groups is 1. The Morgan fingerprint density at radius 3 is 2.29 bits per heavy atom. The summed E-state index contributed by atoms with van der Waals surface area (Å²) >= 11 is 0. The number of hydrogen-bond donors (Lipinski definition) is 2. The lowest BCUT2D eigenvalue weighted by molar-refractivity contribution is -0.133. The lowest BCUT2D eigenvalue weighted by Crippen LogP contribution is -2.64. The van der Waals surface area contributed by atoms with Crippen molar-refractivity contribution in [3.05, 3.63) is 24.0 Å². The summed E-state index contributed by atoms with van der Waals surface area (Å²) in [6, 6.07) is 4.74. The van der Waals surface area contributed by atoms with E-state index in [0.717, 1.165) is 12.8 Å². The van der Waals surface area contributed by atoms with Crippen LogP contribution in [-0.2, 0) is 14.8 Å². The molecule has 2 saturated heterocycles. The van der Waals surface area contributed by atoms with E-state index >= 15 is 0 Å². The third kappa shape index (κ3) is 5.73. The molecule has 0 spiro atoms. The summed E-state index contributed by atoms with van der Waals surface area (Å²) in [6.07, 6.45) is 2.06. The number of hydrogen-bond acceptors (Lipinski definition) is 7. The van der Waals surface area contributed by atoms with Gasteiger partial charge in [-0.2, -0.15) is 4.31 Å². The third-order valence-electron chi connectivity index (χ3n) is 7.13. The first kappa shape index (κ1) is 27.6. The third-order valence-corrected chi connectivity index (χ3v) is 9.76. The number of amides is 1. The number of nitrogens with zero attached hydrogens (tertiary/aromatic N) is 3. The van der Waals surface area contributed by atoms with Gasteiger partial charge in [0.15, 0.2) is 4.75 Å². The van der Waals surface area contributed by atoms with Gasteiger partial charge in [-0.1, -0.05) is 13.3 Å². The first-order chi connectivity index (χ1) is 16.5. The summed E-state index contributed by atoms with van der Waals surface area (Å²) in [6.45, 7) is 10.4. The second-order valence-corrected chi connectivity index (χ2v) is 12.5. The summed E-state index contributed by atoms with van der Waals surface area (Å²) in [5.41, 5.74) is 1.84. The molecule has 0 aliphatic carbocycles. The van der Waals surface area contributed by atoms with E-state index in [1.165, 1.54) is 10.4 Å². The van der Waals surface area contributed by atoms with Crippen molar-refractivity contribution in [2.24, 2.45) is 0 Å². The molecule has 3 rings (SSSR count). The molecule has 0 unspecified atom stereocenters. The molecule has 0 bridgehead atoms. The molecule has 2 N–H and O–H groups in total. The van der Waals surface area contributed by atoms with E-state index in [1.54, 1.807) is 22.5 Å². The number of halogens is 1. The van der Waals surface area contributed by atoms with Crippen LogP contribution in [0.3, 0.4) is 0 Å². The maximum atomic E-state index is 14.8. The van der Waals surface area contributed by atoms with Crippen molar-refractivity contribution in [3.8, 4) is 5.75 Å². The van der Waals surface area contributed by atoms with Gasteiger partial charge in [-0.3, -0.25) is 14.9 Å². The molecular formula is C24H39FN4O5S. The van der Waals surface area contributed by atoms with E-state index in [0.29, 0.717) is 31.1 Å². The van der Waals surface area contributed by atoms with Crippen molar-refractivity contribution in [1.29, 1.82) is 0 Å². The van der Waals surface area contributed by atoms with E-state index in [1.807, 2.05) is 20.8 Å². The number of piperazine rings is 1. The average Bonchev–Trinajstić information content (AvgIpc) is 2.83. The normalized spacial score (nSPS) is 20.0. The summed E-state index contributed by atoms with van der Waals surface area (Å²) in [4.78, 5) is 16.7. The summed E-state index contributed by atoms with van der Waals surface area (Å²) in [5.74, 6) is -0.835. The molecule has 1 aromatic rings. The Morgan fingerprint density at radius 2 is 1.77 bits per heavy atom. The van der Waals surface area contributed by atoms with Gasteiger partial charge in [-0.25, -0.2) is 18.3 Å². The molecule has 0 saturated carbocycles. The highest BCUT2D eigenvalue weighted by atomic mass is 32.2. The lowest BCUT2D eigenvalue weighted by Gasteiger charge is -2.47. The maximum absolute atomic E-state index is 14.8. The molecule has 1 amide bonds. The van der Waals surface area contributed by atoms with Crippen LogP contribution in [0.4, 0.5) is 10.1 Å². The fourth-order valence-electron chi connectivity index (χ4n) is 4.83. The zero-order valence-corrected chi connectivity index (χ0v) is 22.0. The van der Waals surface area contributed by atoms with Crippen LogP contribution in [-0.4, -0.2) is 84.9 Å². The van der Waals surface area contributed by atoms with Crippen LogP contribution in [0, 0.1) is 5.82 Å². The molecular weight excluding hydrogens is 475 g/mol. The van der Waals surface area contributed by atoms with Gasteiger partial charge < -0.3 is 9.64 Å². The van der Waals surface area contributed by atoms with Crippen molar-refractivity contribution in [2.75, 3.05) is 50.8 Å². The molecule has 0 atom stereocenters. The Labute approximate surface area is 208 Å². The maximum Gasteiger partial charge on any atom is 0.266 e. The lowest BCUT2D eigenvalue weighted by atomic mass is 9.91. The Hall–Kier alpha value is -1.95. The number of anilines is 1. The quantitative estimate of drug-likeness (QED) is 0.312. The van der Waals surface area contributed by atoms with Crippen LogP contribution in [0.15, 0.2) is 18.2 Å². The molecule has 0 aromatic heterocycles. The summed E-state index contributed by atoms with van der Waals surface area (Å²) in [5, 5.41) is 9.40. The number of hydroxylamine groups is 1. The Balaban J connectivity index is 1.71. The standard InChI is InChI=1S/C24H39FN4O5S/c1-5-6-17-34-19-7-8-21(20(25)18-19)27-13-15-29(16-14-27)35(32,33)24(22(30)26-31)9-11-28(12-10-24)23(2,3)4/h7-8,18,31H,5-6,9-17H2,1-4H3,(H,26,30). The smallest absolute Gasteiger partial charge is 0.266 e. The molecule has 198 valence electrons. The highest BCUT2D eigenvalue weighted by Crippen LogP contribution is 2.36. The number of nitrogens with one attached hydrogen (secondary N) is 1. The van der Waals surface area contributed by atoms with Crippen LogP contribution < -0.4 is 15.1 Å². The van der Waals surface area contributed by atoms with Crippen LogP contribution >= 0.6 is 0 Å². The fraction of sp³-hybridized carbons (Fsp3) is 0.708. The van der Waals surface area contributed by atoms with Crippen molar-refractivity contribution in [1.82, 2.24) is 14.7 Å². The zero-order valence-electron chi connectivity index (χ0n) is 21.2. The molecule has 0 radical (unpaired) electrons. The largest absolute Gasteiger partial charge is 0.493 e. The number of sulfonamides is 1. The van der Waals surface area contributed by atoms with Gasteiger partial charge in [0.25, 0.3) is 5.91 Å². The van der Waals surface area contributed by atoms with Gasteiger partial charge in [0.1, 0.15) is 11.6 Å². The highest BCUT2D eigenvalue weighted by Gasteiger charge is 2.55. The van der Waals surface area contributed by atoms with Gasteiger partial charge in [0.2, 0.25) is 10.0 Å². The van der Waals surface area contributed by atoms with Gasteiger partial charge in [-0.15, -0.1) is 0 Å². The Kier molecular flexibility index (Phi) is 8.67.